The molecule has 2 bridgehead atoms. The van der Waals surface area contributed by atoms with E-state index in [0.29, 0.717) is 6.04 Å². The van der Waals surface area contributed by atoms with E-state index in [0.717, 1.165) is 37.3 Å². The number of rotatable bonds is 5. The lowest BCUT2D eigenvalue weighted by atomic mass is 9.56. The Bertz CT molecular complexity index is 976. The van der Waals surface area contributed by atoms with Gasteiger partial charge in [-0.25, -0.2) is 9.59 Å². The van der Waals surface area contributed by atoms with E-state index in [4.69, 9.17) is 34.6 Å². The van der Waals surface area contributed by atoms with Crippen molar-refractivity contribution in [1.29, 1.82) is 0 Å². The lowest BCUT2D eigenvalue weighted by molar-refractivity contribution is -0.165. The van der Waals surface area contributed by atoms with Gasteiger partial charge in [0.25, 0.3) is 0 Å². The topological polar surface area (TPSA) is 177 Å². The largest absolute Gasteiger partial charge is 0.493 e. The number of hydrogen-bond donors (Lipinski definition) is 4. The number of aliphatic carboxylic acids is 2. The van der Waals surface area contributed by atoms with Gasteiger partial charge < -0.3 is 40.1 Å². The van der Waals surface area contributed by atoms with Crippen LogP contribution in [0.5, 0.6) is 11.5 Å². The van der Waals surface area contributed by atoms with E-state index in [1.54, 1.807) is 19.8 Å². The van der Waals surface area contributed by atoms with Gasteiger partial charge in [-0.1, -0.05) is 12.1 Å². The molecule has 4 aliphatic rings. The van der Waals surface area contributed by atoms with Gasteiger partial charge in [0.15, 0.2) is 23.7 Å². The Kier molecular flexibility index (Phi) is 7.25. The zero-order valence-corrected chi connectivity index (χ0v) is 19.2. The summed E-state index contributed by atoms with van der Waals surface area (Å²) in [5, 5.41) is 32.5. The Morgan fingerprint density at radius 1 is 1.18 bits per heavy atom. The number of hydrogen-bond acceptors (Lipinski definition) is 8. The van der Waals surface area contributed by atoms with Crippen LogP contribution in [0.15, 0.2) is 23.8 Å². The Balaban J connectivity index is 0.000000255. The number of likely N-dealkylation sites (tertiary alicyclic amines) is 1. The summed E-state index contributed by atoms with van der Waals surface area (Å²) in [6.45, 7) is 1.11. The molecular weight excluding hydrogens is 450 g/mol. The van der Waals surface area contributed by atoms with Gasteiger partial charge >= 0.3 is 11.9 Å². The van der Waals surface area contributed by atoms with Crippen molar-refractivity contribution in [3.63, 3.8) is 0 Å². The smallest absolute Gasteiger partial charge is 0.335 e. The molecule has 2 aliphatic carbocycles. The Morgan fingerprint density at radius 3 is 2.38 bits per heavy atom. The summed E-state index contributed by atoms with van der Waals surface area (Å²) in [4.78, 5) is 22.1. The molecule has 11 heteroatoms. The minimum atomic E-state index is -2.27. The first-order chi connectivity index (χ1) is 15.7. The van der Waals surface area contributed by atoms with Gasteiger partial charge in [-0.15, -0.1) is 0 Å². The number of likely N-dealkylation sites (N-methyl/N-ethyl adjacent to an activating group) is 1. The molecule has 6 atom stereocenters. The summed E-state index contributed by atoms with van der Waals surface area (Å²) in [5.74, 6) is -1.71. The van der Waals surface area contributed by atoms with Crippen LogP contribution in [0.25, 0.3) is 0 Å². The van der Waals surface area contributed by atoms with Crippen LogP contribution < -0.4 is 9.47 Å². The van der Waals surface area contributed by atoms with Crippen LogP contribution in [-0.2, 0) is 26.2 Å². The van der Waals surface area contributed by atoms with Gasteiger partial charge in [0.05, 0.1) is 18.6 Å². The fourth-order valence-electron chi connectivity index (χ4n) is 5.72. The van der Waals surface area contributed by atoms with Gasteiger partial charge in [-0.05, 0) is 50.1 Å². The second-order valence-corrected chi connectivity index (χ2v) is 8.83. The number of piperidine rings is 1. The van der Waals surface area contributed by atoms with E-state index in [1.165, 1.54) is 11.1 Å². The monoisotopic (exact) mass is 481 g/mol. The van der Waals surface area contributed by atoms with Crippen LogP contribution in [0.1, 0.15) is 24.0 Å². The van der Waals surface area contributed by atoms with E-state index in [-0.39, 0.29) is 23.1 Å². The van der Waals surface area contributed by atoms with Crippen LogP contribution >= 0.6 is 0 Å². The van der Waals surface area contributed by atoms with Crippen LogP contribution in [0, 0.1) is 0 Å². The van der Waals surface area contributed by atoms with Crippen LogP contribution in [0.2, 0.25) is 0 Å². The number of nitrogens with zero attached hydrogens (tertiary/aromatic N) is 1. The van der Waals surface area contributed by atoms with Crippen molar-refractivity contribution >= 4 is 11.9 Å². The van der Waals surface area contributed by atoms with E-state index in [2.05, 4.69) is 30.2 Å². The fourth-order valence-corrected chi connectivity index (χ4v) is 5.72. The van der Waals surface area contributed by atoms with Crippen molar-refractivity contribution in [3.8, 4) is 11.5 Å². The molecule has 2 heterocycles. The second kappa shape index (κ2) is 9.51. The fraction of sp³-hybridized carbons (Fsp3) is 0.565. The minimum Gasteiger partial charge on any atom is -0.493 e. The molecule has 34 heavy (non-hydrogen) atoms. The lowest BCUT2D eigenvalue weighted by Crippen LogP contribution is -2.61. The zero-order chi connectivity index (χ0) is 24.1. The van der Waals surface area contributed by atoms with Crippen molar-refractivity contribution in [2.45, 2.75) is 55.1 Å². The van der Waals surface area contributed by atoms with Gasteiger partial charge in [-0.3, -0.25) is 4.90 Å². The van der Waals surface area contributed by atoms with E-state index >= 15 is 0 Å². The highest BCUT2D eigenvalue weighted by molar-refractivity contribution is 5.83. The number of carboxylic acid groups (broad SMARTS) is 2. The molecular formula is C23H31NO10. The molecule has 0 aromatic heterocycles. The molecule has 1 aromatic rings. The van der Waals surface area contributed by atoms with E-state index in [9.17, 15) is 9.59 Å². The zero-order valence-electron chi connectivity index (χ0n) is 19.2. The normalized spacial score (nSPS) is 29.7. The molecule has 0 amide bonds. The molecule has 0 saturated carbocycles. The van der Waals surface area contributed by atoms with Gasteiger partial charge in [0.2, 0.25) is 0 Å². The third-order valence-corrected chi connectivity index (χ3v) is 7.30. The van der Waals surface area contributed by atoms with E-state index < -0.39 is 24.1 Å². The van der Waals surface area contributed by atoms with Crippen molar-refractivity contribution in [3.05, 3.63) is 34.9 Å². The number of benzene rings is 1. The highest BCUT2D eigenvalue weighted by atomic mass is 16.6. The van der Waals surface area contributed by atoms with Crippen molar-refractivity contribution in [1.82, 2.24) is 4.90 Å². The Morgan fingerprint density at radius 2 is 1.82 bits per heavy atom. The lowest BCUT2D eigenvalue weighted by Gasteiger charge is -2.54. The maximum absolute atomic E-state index is 9.77. The third-order valence-electron chi connectivity index (χ3n) is 7.30. The molecule has 11 nitrogen and oxygen atoms in total. The molecule has 6 N–H and O–H groups in total. The van der Waals surface area contributed by atoms with Crippen LogP contribution in [-0.4, -0.2) is 101 Å². The highest BCUT2D eigenvalue weighted by Crippen LogP contribution is 2.62. The molecule has 1 fully saturated rings. The molecule has 2 aliphatic heterocycles. The van der Waals surface area contributed by atoms with Gasteiger partial charge in [0, 0.05) is 18.7 Å². The minimum absolute atomic E-state index is 0. The van der Waals surface area contributed by atoms with Crippen molar-refractivity contribution in [2.24, 2.45) is 0 Å². The van der Waals surface area contributed by atoms with Crippen LogP contribution in [0.4, 0.5) is 0 Å². The third kappa shape index (κ3) is 3.73. The quantitative estimate of drug-likeness (QED) is 0.395. The average Bonchev–Trinajstić information content (AvgIpc) is 3.15. The summed E-state index contributed by atoms with van der Waals surface area (Å²) in [6, 6.07) is 4.80. The number of carboxylic acids is 2. The molecule has 1 saturated heterocycles. The molecule has 2 unspecified atom stereocenters. The standard InChI is InChI=1S/C19H23NO3.C4H6O6.H2O/c1-20-9-8-19-12-5-7-15(22-3)18(19)23-17-14(21-2)6-4-11(16(17)19)10-13(12)20;5-1(3(7)8)2(6)4(9)10;/h4-6,13,15,18H,7-10H2,1-3H3;1-2,5-6H,(H,7,8)(H,9,10);1H2/t13-,15+,18+,19+;;/m1../s1. The maximum Gasteiger partial charge on any atom is 0.335 e. The van der Waals surface area contributed by atoms with E-state index in [1.807, 2.05) is 0 Å². The Labute approximate surface area is 196 Å². The summed E-state index contributed by atoms with van der Waals surface area (Å²) >= 11 is 0. The number of methoxy groups -OCH3 is 2. The van der Waals surface area contributed by atoms with Crippen LogP contribution in [0.3, 0.4) is 0 Å². The first-order valence-corrected chi connectivity index (χ1v) is 10.8. The molecule has 5 rings (SSSR count). The van der Waals surface area contributed by atoms with Crippen molar-refractivity contribution < 1.29 is 49.7 Å². The number of aliphatic hydroxyl groups is 2. The first-order valence-electron chi connectivity index (χ1n) is 10.8. The molecule has 0 radical (unpaired) electrons. The second-order valence-electron chi connectivity index (χ2n) is 8.83. The predicted octanol–water partition coefficient (Wildman–Crippen LogP) is -0.648. The predicted molar refractivity (Wildman–Crippen MR) is 118 cm³/mol. The summed E-state index contributed by atoms with van der Waals surface area (Å²) in [6.07, 6.45) is 1.21. The molecule has 1 aromatic carbocycles. The number of carbonyl (C=O) groups is 2. The first kappa shape index (κ1) is 25.9. The summed E-state index contributed by atoms with van der Waals surface area (Å²) in [5.41, 5.74) is 4.37. The maximum atomic E-state index is 9.77. The van der Waals surface area contributed by atoms with Gasteiger partial charge in [0.1, 0.15) is 6.10 Å². The summed E-state index contributed by atoms with van der Waals surface area (Å²) in [7, 11) is 5.78. The van der Waals surface area contributed by atoms with Crippen molar-refractivity contribution in [2.75, 3.05) is 27.8 Å². The van der Waals surface area contributed by atoms with Gasteiger partial charge in [-0.2, -0.15) is 0 Å². The summed E-state index contributed by atoms with van der Waals surface area (Å²) < 4.78 is 17.9. The highest BCUT2D eigenvalue weighted by Gasteiger charge is 2.62. The molecule has 1 spiro atoms. The Hall–Kier alpha value is -2.70. The number of ether oxygens (including phenoxy) is 3. The average molecular weight is 481 g/mol. The molecule has 188 valence electrons. The number of aliphatic hydroxyl groups excluding tert-OH is 2. The SMILES string of the molecule is COc1ccc2c3c1O[C@H]1[C@@H](OC)CC=C4[C@@H](C2)N(C)CC[C@]431.O.O=C(O)C(O)C(O)C(=O)O.